The molecule has 0 bridgehead atoms. The Morgan fingerprint density at radius 2 is 2.03 bits per heavy atom. The number of methoxy groups -OCH3 is 2. The van der Waals surface area contributed by atoms with E-state index in [1.807, 2.05) is 0 Å². The molecule has 10 heteroatoms. The molecule has 2 aliphatic rings. The van der Waals surface area contributed by atoms with Crippen molar-refractivity contribution in [3.8, 4) is 11.5 Å². The predicted octanol–water partition coefficient (Wildman–Crippen LogP) is 2.93. The first-order chi connectivity index (χ1) is 17.3. The van der Waals surface area contributed by atoms with Gasteiger partial charge in [-0.2, -0.15) is 0 Å². The summed E-state index contributed by atoms with van der Waals surface area (Å²) in [6, 6.07) is 8.53. The van der Waals surface area contributed by atoms with E-state index in [-0.39, 0.29) is 30.4 Å². The molecule has 3 heterocycles. The summed E-state index contributed by atoms with van der Waals surface area (Å²) >= 11 is 0. The standard InChI is InChI=1S/C26H29FN4O5/c1-26-14-18-17-12-21(36-3)19(27)13-20(17)29-22(18)23(15-5-4-6-16(32)11-15)31(26)25(34)30(24(26)33)9-7-28-8-10-35-2/h4-6,11-13,23,28-29,32H,7-10,14H2,1-3H3. The lowest BCUT2D eigenvalue weighted by atomic mass is 9.81. The zero-order valence-electron chi connectivity index (χ0n) is 20.4. The van der Waals surface area contributed by atoms with Crippen molar-refractivity contribution in [2.45, 2.75) is 24.9 Å². The molecule has 0 aliphatic carbocycles. The van der Waals surface area contributed by atoms with Crippen LogP contribution in [0.15, 0.2) is 36.4 Å². The van der Waals surface area contributed by atoms with Gasteiger partial charge in [-0.05, 0) is 36.2 Å². The van der Waals surface area contributed by atoms with Gasteiger partial charge in [-0.25, -0.2) is 9.18 Å². The Balaban J connectivity index is 1.62. The molecule has 1 fully saturated rings. The van der Waals surface area contributed by atoms with Crippen molar-refractivity contribution in [1.82, 2.24) is 20.1 Å². The number of rotatable bonds is 8. The number of amides is 3. The van der Waals surface area contributed by atoms with E-state index in [4.69, 9.17) is 9.47 Å². The number of halogens is 1. The summed E-state index contributed by atoms with van der Waals surface area (Å²) in [5.74, 6) is -0.658. The number of phenolic OH excluding ortho intramolecular Hbond substituents is 1. The first kappa shape index (κ1) is 24.1. The molecule has 2 atom stereocenters. The third kappa shape index (κ3) is 3.68. The average Bonchev–Trinajstić information content (AvgIpc) is 3.28. The van der Waals surface area contributed by atoms with Crippen LogP contribution < -0.4 is 10.1 Å². The molecular formula is C26H29FN4O5. The number of hydrogen-bond donors (Lipinski definition) is 3. The fraction of sp³-hybridized carbons (Fsp3) is 0.385. The van der Waals surface area contributed by atoms with Gasteiger partial charge in [0.1, 0.15) is 17.3 Å². The maximum atomic E-state index is 14.5. The van der Waals surface area contributed by atoms with Crippen LogP contribution in [0.5, 0.6) is 11.5 Å². The number of hydrogen-bond acceptors (Lipinski definition) is 6. The fourth-order valence-electron chi connectivity index (χ4n) is 5.40. The molecule has 190 valence electrons. The molecule has 1 aromatic heterocycles. The van der Waals surface area contributed by atoms with Crippen LogP contribution in [0.2, 0.25) is 0 Å². The quantitative estimate of drug-likeness (QED) is 0.327. The van der Waals surface area contributed by atoms with Crippen LogP contribution >= 0.6 is 0 Å². The topological polar surface area (TPSA) is 107 Å². The third-order valence-electron chi connectivity index (χ3n) is 7.12. The molecule has 2 unspecified atom stereocenters. The second-order valence-corrected chi connectivity index (χ2v) is 9.35. The minimum Gasteiger partial charge on any atom is -0.508 e. The Morgan fingerprint density at radius 1 is 1.22 bits per heavy atom. The summed E-state index contributed by atoms with van der Waals surface area (Å²) in [5, 5.41) is 14.1. The summed E-state index contributed by atoms with van der Waals surface area (Å²) in [7, 11) is 3.01. The highest BCUT2D eigenvalue weighted by atomic mass is 19.1. The predicted molar refractivity (Wildman–Crippen MR) is 131 cm³/mol. The highest BCUT2D eigenvalue weighted by Crippen LogP contribution is 2.49. The number of carbonyl (C=O) groups is 2. The number of nitrogens with one attached hydrogen (secondary N) is 2. The van der Waals surface area contributed by atoms with Crippen molar-refractivity contribution >= 4 is 22.8 Å². The van der Waals surface area contributed by atoms with Crippen molar-refractivity contribution in [3.05, 3.63) is 59.0 Å². The summed E-state index contributed by atoms with van der Waals surface area (Å²) in [5.41, 5.74) is 1.53. The first-order valence-electron chi connectivity index (χ1n) is 11.8. The van der Waals surface area contributed by atoms with Crippen LogP contribution in [0.4, 0.5) is 9.18 Å². The number of fused-ring (bicyclic) bond motifs is 4. The molecule has 0 saturated carbocycles. The second kappa shape index (κ2) is 9.11. The zero-order chi connectivity index (χ0) is 25.6. The fourth-order valence-corrected chi connectivity index (χ4v) is 5.40. The van der Waals surface area contributed by atoms with E-state index >= 15 is 0 Å². The van der Waals surface area contributed by atoms with E-state index < -0.39 is 23.4 Å². The molecule has 5 rings (SSSR count). The SMILES string of the molecule is COCCNCCN1C(=O)N2C(c3cccc(O)c3)c3[nH]c4cc(F)c(OC)cc4c3CC2(C)C1=O. The average molecular weight is 497 g/mol. The van der Waals surface area contributed by atoms with Crippen molar-refractivity contribution < 1.29 is 28.6 Å². The number of benzene rings is 2. The second-order valence-electron chi connectivity index (χ2n) is 9.35. The minimum atomic E-state index is -1.16. The molecule has 1 saturated heterocycles. The van der Waals surface area contributed by atoms with E-state index in [1.165, 1.54) is 18.1 Å². The third-order valence-corrected chi connectivity index (χ3v) is 7.12. The van der Waals surface area contributed by atoms with E-state index in [2.05, 4.69) is 10.3 Å². The molecular weight excluding hydrogens is 467 g/mol. The molecule has 2 aromatic carbocycles. The Labute approximate surface area is 207 Å². The maximum Gasteiger partial charge on any atom is 0.328 e. The lowest BCUT2D eigenvalue weighted by Crippen LogP contribution is -2.53. The normalized spacial score (nSPS) is 21.3. The van der Waals surface area contributed by atoms with Gasteiger partial charge in [-0.1, -0.05) is 12.1 Å². The van der Waals surface area contributed by atoms with Crippen molar-refractivity contribution in [2.75, 3.05) is 40.5 Å². The van der Waals surface area contributed by atoms with Crippen LogP contribution in [-0.2, 0) is 16.0 Å². The smallest absolute Gasteiger partial charge is 0.328 e. The maximum absolute atomic E-state index is 14.5. The van der Waals surface area contributed by atoms with E-state index in [9.17, 15) is 19.1 Å². The van der Waals surface area contributed by atoms with Crippen LogP contribution in [0, 0.1) is 5.82 Å². The molecule has 0 spiro atoms. The highest BCUT2D eigenvalue weighted by Gasteiger charge is 2.60. The van der Waals surface area contributed by atoms with Gasteiger partial charge in [0.25, 0.3) is 5.91 Å². The number of ether oxygens (including phenoxy) is 2. The number of aromatic nitrogens is 1. The molecule has 0 radical (unpaired) electrons. The number of phenols is 1. The van der Waals surface area contributed by atoms with Gasteiger partial charge in [0.2, 0.25) is 0 Å². The summed E-state index contributed by atoms with van der Waals surface area (Å²) in [4.78, 5) is 33.7. The number of urea groups is 1. The molecule has 2 aliphatic heterocycles. The van der Waals surface area contributed by atoms with Gasteiger partial charge < -0.3 is 24.9 Å². The van der Waals surface area contributed by atoms with Crippen LogP contribution in [0.1, 0.15) is 29.8 Å². The summed E-state index contributed by atoms with van der Waals surface area (Å²) < 4.78 is 24.8. The molecule has 9 nitrogen and oxygen atoms in total. The Hall–Kier alpha value is -3.63. The van der Waals surface area contributed by atoms with E-state index in [1.54, 1.807) is 49.3 Å². The zero-order valence-corrected chi connectivity index (χ0v) is 20.4. The van der Waals surface area contributed by atoms with Crippen molar-refractivity contribution in [2.24, 2.45) is 0 Å². The monoisotopic (exact) mass is 496 g/mol. The lowest BCUT2D eigenvalue weighted by Gasteiger charge is -2.42. The Kier molecular flexibility index (Phi) is 6.09. The number of aromatic amines is 1. The Bertz CT molecular complexity index is 1340. The summed E-state index contributed by atoms with van der Waals surface area (Å²) in [6.07, 6.45) is 0.255. The van der Waals surface area contributed by atoms with Crippen LogP contribution in [0.3, 0.4) is 0 Å². The van der Waals surface area contributed by atoms with Crippen LogP contribution in [0.25, 0.3) is 10.9 Å². The highest BCUT2D eigenvalue weighted by molar-refractivity contribution is 6.08. The first-order valence-corrected chi connectivity index (χ1v) is 11.8. The van der Waals surface area contributed by atoms with Gasteiger partial charge in [0.05, 0.1) is 13.7 Å². The largest absolute Gasteiger partial charge is 0.508 e. The number of imide groups is 1. The van der Waals surface area contributed by atoms with Crippen molar-refractivity contribution in [3.63, 3.8) is 0 Å². The summed E-state index contributed by atoms with van der Waals surface area (Å²) in [6.45, 7) is 3.55. The molecule has 36 heavy (non-hydrogen) atoms. The van der Waals surface area contributed by atoms with E-state index in [0.717, 1.165) is 10.9 Å². The van der Waals surface area contributed by atoms with E-state index in [0.29, 0.717) is 36.5 Å². The lowest BCUT2D eigenvalue weighted by molar-refractivity contribution is -0.133. The molecule has 3 N–H and O–H groups in total. The van der Waals surface area contributed by atoms with Gasteiger partial charge in [0, 0.05) is 55.8 Å². The van der Waals surface area contributed by atoms with Crippen molar-refractivity contribution in [1.29, 1.82) is 0 Å². The van der Waals surface area contributed by atoms with Gasteiger partial charge in [-0.15, -0.1) is 0 Å². The number of aromatic hydroxyl groups is 1. The number of H-pyrrole nitrogens is 1. The van der Waals surface area contributed by atoms with Crippen LogP contribution in [-0.4, -0.2) is 77.8 Å². The Morgan fingerprint density at radius 3 is 2.75 bits per heavy atom. The van der Waals surface area contributed by atoms with Gasteiger partial charge in [-0.3, -0.25) is 14.6 Å². The molecule has 3 amide bonds. The minimum absolute atomic E-state index is 0.0438. The van der Waals surface area contributed by atoms with Gasteiger partial charge in [0.15, 0.2) is 11.6 Å². The molecule has 3 aromatic rings. The number of carbonyl (C=O) groups excluding carboxylic acids is 2. The van der Waals surface area contributed by atoms with Gasteiger partial charge >= 0.3 is 6.03 Å². The number of nitrogens with zero attached hydrogens (tertiary/aromatic N) is 2.